The summed E-state index contributed by atoms with van der Waals surface area (Å²) in [4.78, 5) is 11.7. The highest BCUT2D eigenvalue weighted by Gasteiger charge is 2.49. The first-order valence-corrected chi connectivity index (χ1v) is 8.53. The Hall–Kier alpha value is -2.08. The summed E-state index contributed by atoms with van der Waals surface area (Å²) >= 11 is 0. The zero-order chi connectivity index (χ0) is 18.8. The number of rotatable bonds is 5. The second-order valence-electron chi connectivity index (χ2n) is 5.31. The van der Waals surface area contributed by atoms with Crippen molar-refractivity contribution in [2.75, 3.05) is 25.1 Å². The first-order valence-electron chi connectivity index (χ1n) is 7.12. The van der Waals surface area contributed by atoms with Crippen molar-refractivity contribution in [3.63, 3.8) is 0 Å². The summed E-state index contributed by atoms with van der Waals surface area (Å²) in [5.74, 6) is -0.978. The van der Waals surface area contributed by atoms with E-state index in [9.17, 15) is 31.7 Å². The Labute approximate surface area is 141 Å². The second kappa shape index (κ2) is 7.04. The van der Waals surface area contributed by atoms with Crippen LogP contribution in [-0.2, 0) is 14.9 Å². The number of hydrogen-bond acceptors (Lipinski definition) is 7. The average molecular weight is 384 g/mol. The first kappa shape index (κ1) is 19.2. The highest BCUT2D eigenvalue weighted by atomic mass is 32.2. The van der Waals surface area contributed by atoms with Crippen LogP contribution in [0.25, 0.3) is 0 Å². The Morgan fingerprint density at radius 2 is 1.88 bits per heavy atom. The minimum absolute atomic E-state index is 0.0515. The SMILES string of the molecule is COC1CCN(c2ccc([N+](=O)[O-])c(OS(=O)(=O)C(F)(F)F)c2)CC1. The quantitative estimate of drug-likeness (QED) is 0.333. The molecular weight excluding hydrogens is 369 g/mol. The largest absolute Gasteiger partial charge is 0.534 e. The van der Waals surface area contributed by atoms with Gasteiger partial charge in [0.25, 0.3) is 0 Å². The molecule has 0 bridgehead atoms. The molecule has 25 heavy (non-hydrogen) atoms. The van der Waals surface area contributed by atoms with Crippen molar-refractivity contribution in [1.82, 2.24) is 0 Å². The van der Waals surface area contributed by atoms with Crippen LogP contribution in [0.2, 0.25) is 0 Å². The first-order chi connectivity index (χ1) is 11.5. The molecule has 12 heteroatoms. The zero-order valence-corrected chi connectivity index (χ0v) is 13.8. The average Bonchev–Trinajstić information content (AvgIpc) is 2.53. The van der Waals surface area contributed by atoms with E-state index in [1.807, 2.05) is 0 Å². The fourth-order valence-corrected chi connectivity index (χ4v) is 2.90. The Morgan fingerprint density at radius 3 is 2.36 bits per heavy atom. The van der Waals surface area contributed by atoms with Crippen LogP contribution < -0.4 is 9.08 Å². The predicted octanol–water partition coefficient (Wildman–Crippen LogP) is 2.44. The molecule has 0 aliphatic carbocycles. The van der Waals surface area contributed by atoms with E-state index < -0.39 is 32.0 Å². The molecule has 2 rings (SSSR count). The summed E-state index contributed by atoms with van der Waals surface area (Å²) in [6.45, 7) is 1.00. The van der Waals surface area contributed by atoms with Crippen LogP contribution in [0.15, 0.2) is 18.2 Å². The van der Waals surface area contributed by atoms with Crippen LogP contribution >= 0.6 is 0 Å². The Morgan fingerprint density at radius 1 is 1.28 bits per heavy atom. The molecule has 1 aliphatic rings. The molecule has 140 valence electrons. The standard InChI is InChI=1S/C13H15F3N2O6S/c1-23-10-4-6-17(7-5-10)9-2-3-11(18(19)20)12(8-9)24-25(21,22)13(14,15)16/h2-3,8,10H,4-7H2,1H3. The third-order valence-corrected chi connectivity index (χ3v) is 4.73. The van der Waals surface area contributed by atoms with Crippen molar-refractivity contribution in [2.45, 2.75) is 24.5 Å². The van der Waals surface area contributed by atoms with Crippen LogP contribution in [-0.4, -0.2) is 45.2 Å². The summed E-state index contributed by atoms with van der Waals surface area (Å²) in [6, 6.07) is 3.17. The number of hydrogen-bond donors (Lipinski definition) is 0. The highest BCUT2D eigenvalue weighted by Crippen LogP contribution is 2.36. The predicted molar refractivity (Wildman–Crippen MR) is 80.9 cm³/mol. The number of anilines is 1. The van der Waals surface area contributed by atoms with Gasteiger partial charge in [-0.05, 0) is 18.9 Å². The molecule has 1 aliphatic heterocycles. The molecule has 0 spiro atoms. The minimum Gasteiger partial charge on any atom is -0.381 e. The Kier molecular flexibility index (Phi) is 5.42. The van der Waals surface area contributed by atoms with E-state index in [0.29, 0.717) is 31.6 Å². The normalized spacial score (nSPS) is 16.7. The third kappa shape index (κ3) is 4.31. The van der Waals surface area contributed by atoms with E-state index in [4.69, 9.17) is 4.74 Å². The molecular formula is C13H15F3N2O6S. The van der Waals surface area contributed by atoms with Gasteiger partial charge in [-0.25, -0.2) is 0 Å². The molecule has 0 atom stereocenters. The van der Waals surface area contributed by atoms with Gasteiger partial charge >= 0.3 is 21.3 Å². The van der Waals surface area contributed by atoms with Crippen molar-refractivity contribution in [3.05, 3.63) is 28.3 Å². The molecule has 1 heterocycles. The lowest BCUT2D eigenvalue weighted by Gasteiger charge is -2.33. The lowest BCUT2D eigenvalue weighted by molar-refractivity contribution is -0.385. The summed E-state index contributed by atoms with van der Waals surface area (Å²) in [5.41, 5.74) is -6.23. The van der Waals surface area contributed by atoms with Gasteiger partial charge in [-0.3, -0.25) is 10.1 Å². The zero-order valence-electron chi connectivity index (χ0n) is 13.0. The van der Waals surface area contributed by atoms with Crippen LogP contribution in [0.1, 0.15) is 12.8 Å². The van der Waals surface area contributed by atoms with Crippen molar-refractivity contribution in [2.24, 2.45) is 0 Å². The summed E-state index contributed by atoms with van der Waals surface area (Å²) in [5, 5.41) is 10.9. The van der Waals surface area contributed by atoms with E-state index in [0.717, 1.165) is 12.1 Å². The molecule has 8 nitrogen and oxygen atoms in total. The van der Waals surface area contributed by atoms with Gasteiger partial charge in [-0.2, -0.15) is 21.6 Å². The van der Waals surface area contributed by atoms with Gasteiger partial charge in [0.05, 0.1) is 11.0 Å². The van der Waals surface area contributed by atoms with Gasteiger partial charge in [0.2, 0.25) is 5.75 Å². The lowest BCUT2D eigenvalue weighted by Crippen LogP contribution is -2.36. The fraction of sp³-hybridized carbons (Fsp3) is 0.538. The number of methoxy groups -OCH3 is 1. The topological polar surface area (TPSA) is 99.0 Å². The number of nitrogens with zero attached hydrogens (tertiary/aromatic N) is 2. The highest BCUT2D eigenvalue weighted by molar-refractivity contribution is 7.88. The monoisotopic (exact) mass is 384 g/mol. The molecule has 0 radical (unpaired) electrons. The van der Waals surface area contributed by atoms with Crippen LogP contribution in [0, 0.1) is 10.1 Å². The minimum atomic E-state index is -6.01. The molecule has 1 aromatic rings. The van der Waals surface area contributed by atoms with Crippen LogP contribution in [0.4, 0.5) is 24.5 Å². The van der Waals surface area contributed by atoms with Gasteiger partial charge in [-0.1, -0.05) is 0 Å². The van der Waals surface area contributed by atoms with Crippen molar-refractivity contribution >= 4 is 21.5 Å². The molecule has 0 saturated carbocycles. The lowest BCUT2D eigenvalue weighted by atomic mass is 10.1. The van der Waals surface area contributed by atoms with Gasteiger partial charge < -0.3 is 13.8 Å². The molecule has 0 N–H and O–H groups in total. The summed E-state index contributed by atoms with van der Waals surface area (Å²) in [7, 11) is -4.44. The number of nitro benzene ring substituents is 1. The van der Waals surface area contributed by atoms with E-state index in [2.05, 4.69) is 4.18 Å². The number of nitro groups is 1. The van der Waals surface area contributed by atoms with Crippen LogP contribution in [0.5, 0.6) is 5.75 Å². The van der Waals surface area contributed by atoms with Crippen molar-refractivity contribution in [1.29, 1.82) is 0 Å². The maximum absolute atomic E-state index is 12.5. The maximum atomic E-state index is 12.5. The number of alkyl halides is 3. The Balaban J connectivity index is 2.33. The number of halogens is 3. The van der Waals surface area contributed by atoms with E-state index in [1.54, 1.807) is 12.0 Å². The van der Waals surface area contributed by atoms with Crippen LogP contribution in [0.3, 0.4) is 0 Å². The third-order valence-electron chi connectivity index (χ3n) is 3.76. The van der Waals surface area contributed by atoms with Crippen molar-refractivity contribution < 1.29 is 35.4 Å². The summed E-state index contributed by atoms with van der Waals surface area (Å²) < 4.78 is 69.0. The molecule has 1 saturated heterocycles. The molecule has 0 unspecified atom stereocenters. The second-order valence-corrected chi connectivity index (χ2v) is 6.85. The van der Waals surface area contributed by atoms with E-state index >= 15 is 0 Å². The molecule has 1 aromatic carbocycles. The number of ether oxygens (including phenoxy) is 1. The van der Waals surface area contributed by atoms with E-state index in [1.165, 1.54) is 6.07 Å². The molecule has 0 amide bonds. The van der Waals surface area contributed by atoms with Gasteiger partial charge in [-0.15, -0.1) is 0 Å². The van der Waals surface area contributed by atoms with E-state index in [-0.39, 0.29) is 6.10 Å². The maximum Gasteiger partial charge on any atom is 0.534 e. The van der Waals surface area contributed by atoms with Crippen molar-refractivity contribution in [3.8, 4) is 5.75 Å². The number of benzene rings is 1. The van der Waals surface area contributed by atoms with Gasteiger partial charge in [0, 0.05) is 38.0 Å². The number of piperidine rings is 1. The molecule has 1 fully saturated rings. The van der Waals surface area contributed by atoms with Gasteiger partial charge in [0.15, 0.2) is 0 Å². The fourth-order valence-electron chi connectivity index (χ4n) is 2.43. The molecule has 0 aromatic heterocycles. The van der Waals surface area contributed by atoms with Gasteiger partial charge in [0.1, 0.15) is 0 Å². The summed E-state index contributed by atoms with van der Waals surface area (Å²) in [6.07, 6.45) is 1.37. The Bertz CT molecular complexity index is 745. The smallest absolute Gasteiger partial charge is 0.381 e.